The number of oxazole rings is 1. The number of aromatic nitrogens is 1. The highest BCUT2D eigenvalue weighted by atomic mass is 16.6. The molecule has 2 aromatic rings. The molecular formula is C18H25N3O4. The van der Waals surface area contributed by atoms with Crippen molar-refractivity contribution in [2.45, 2.75) is 57.7 Å². The van der Waals surface area contributed by atoms with Gasteiger partial charge in [0.1, 0.15) is 5.60 Å². The van der Waals surface area contributed by atoms with Gasteiger partial charge < -0.3 is 19.8 Å². The second-order valence-electron chi connectivity index (χ2n) is 7.54. The SMILES string of the molecule is Cn1c(=O)oc2ccc(N[C@@H]3CCC[C@H]3NC(=O)OC(C)(C)C)cc21. The molecule has 0 saturated heterocycles. The van der Waals surface area contributed by atoms with E-state index >= 15 is 0 Å². The molecule has 0 spiro atoms. The monoisotopic (exact) mass is 347 g/mol. The highest BCUT2D eigenvalue weighted by Crippen LogP contribution is 2.25. The number of amides is 1. The van der Waals surface area contributed by atoms with Crippen LogP contribution in [0.1, 0.15) is 40.0 Å². The number of alkyl carbamates (subject to hydrolysis) is 1. The van der Waals surface area contributed by atoms with Crippen LogP contribution in [0, 0.1) is 0 Å². The molecule has 0 bridgehead atoms. The Kier molecular flexibility index (Phi) is 4.49. The van der Waals surface area contributed by atoms with Crippen molar-refractivity contribution in [2.24, 2.45) is 7.05 Å². The molecule has 1 saturated carbocycles. The molecule has 1 aromatic carbocycles. The van der Waals surface area contributed by atoms with E-state index in [1.165, 1.54) is 4.57 Å². The standard InChI is InChI=1S/C18H25N3O4/c1-18(2,3)25-16(22)20-13-7-5-6-12(13)19-11-8-9-15-14(10-11)21(4)17(23)24-15/h8-10,12-13,19H,5-7H2,1-4H3,(H,20,22)/t12-,13-/m1/s1. The molecule has 0 radical (unpaired) electrons. The van der Waals surface area contributed by atoms with E-state index in [9.17, 15) is 9.59 Å². The van der Waals surface area contributed by atoms with E-state index in [2.05, 4.69) is 10.6 Å². The van der Waals surface area contributed by atoms with Crippen molar-refractivity contribution in [2.75, 3.05) is 5.32 Å². The number of nitrogens with zero attached hydrogens (tertiary/aromatic N) is 1. The van der Waals surface area contributed by atoms with Gasteiger partial charge in [-0.1, -0.05) is 0 Å². The summed E-state index contributed by atoms with van der Waals surface area (Å²) in [5.41, 5.74) is 1.69. The number of benzene rings is 1. The van der Waals surface area contributed by atoms with Crippen LogP contribution >= 0.6 is 0 Å². The van der Waals surface area contributed by atoms with Crippen molar-refractivity contribution in [3.05, 3.63) is 28.7 Å². The normalized spacial score (nSPS) is 20.6. The second kappa shape index (κ2) is 6.46. The number of aryl methyl sites for hydroxylation is 1. The van der Waals surface area contributed by atoms with Gasteiger partial charge in [-0.05, 0) is 58.2 Å². The van der Waals surface area contributed by atoms with Crippen molar-refractivity contribution in [3.63, 3.8) is 0 Å². The Morgan fingerprint density at radius 3 is 2.72 bits per heavy atom. The zero-order chi connectivity index (χ0) is 18.2. The summed E-state index contributed by atoms with van der Waals surface area (Å²) in [6, 6.07) is 5.69. The smallest absolute Gasteiger partial charge is 0.419 e. The summed E-state index contributed by atoms with van der Waals surface area (Å²) >= 11 is 0. The Labute approximate surface area is 146 Å². The van der Waals surface area contributed by atoms with E-state index in [-0.39, 0.29) is 23.9 Å². The van der Waals surface area contributed by atoms with Crippen LogP contribution in [-0.4, -0.2) is 28.3 Å². The van der Waals surface area contributed by atoms with Crippen molar-refractivity contribution in [1.82, 2.24) is 9.88 Å². The number of fused-ring (bicyclic) bond motifs is 1. The molecule has 1 aliphatic carbocycles. The van der Waals surface area contributed by atoms with E-state index in [0.717, 1.165) is 30.5 Å². The van der Waals surface area contributed by atoms with Gasteiger partial charge in [0.25, 0.3) is 0 Å². The lowest BCUT2D eigenvalue weighted by Gasteiger charge is -2.26. The molecule has 3 rings (SSSR count). The Morgan fingerprint density at radius 1 is 1.28 bits per heavy atom. The molecule has 7 heteroatoms. The third-order valence-corrected chi connectivity index (χ3v) is 4.36. The molecule has 2 atom stereocenters. The van der Waals surface area contributed by atoms with Gasteiger partial charge >= 0.3 is 11.8 Å². The molecule has 25 heavy (non-hydrogen) atoms. The molecule has 1 heterocycles. The van der Waals surface area contributed by atoms with Gasteiger partial charge in [0, 0.05) is 18.8 Å². The number of nitrogens with one attached hydrogen (secondary N) is 2. The van der Waals surface area contributed by atoms with E-state index in [4.69, 9.17) is 9.15 Å². The maximum Gasteiger partial charge on any atom is 0.419 e. The number of hydrogen-bond donors (Lipinski definition) is 2. The maximum absolute atomic E-state index is 12.0. The summed E-state index contributed by atoms with van der Waals surface area (Å²) in [4.78, 5) is 23.6. The predicted octanol–water partition coefficient (Wildman–Crippen LogP) is 2.99. The van der Waals surface area contributed by atoms with Gasteiger partial charge in [0.15, 0.2) is 5.58 Å². The van der Waals surface area contributed by atoms with Crippen molar-refractivity contribution >= 4 is 22.9 Å². The van der Waals surface area contributed by atoms with E-state index in [1.807, 2.05) is 32.9 Å². The number of anilines is 1. The Bertz CT molecular complexity index is 831. The fourth-order valence-electron chi connectivity index (χ4n) is 3.20. The topological polar surface area (TPSA) is 85.5 Å². The van der Waals surface area contributed by atoms with Crippen LogP contribution in [0.25, 0.3) is 11.1 Å². The summed E-state index contributed by atoms with van der Waals surface area (Å²) in [5, 5.41) is 6.42. The van der Waals surface area contributed by atoms with Crippen LogP contribution in [0.4, 0.5) is 10.5 Å². The highest BCUT2D eigenvalue weighted by Gasteiger charge is 2.30. The van der Waals surface area contributed by atoms with Crippen LogP contribution in [0.5, 0.6) is 0 Å². The first-order chi connectivity index (χ1) is 11.7. The molecule has 136 valence electrons. The third-order valence-electron chi connectivity index (χ3n) is 4.36. The lowest BCUT2D eigenvalue weighted by atomic mass is 10.1. The van der Waals surface area contributed by atoms with E-state index in [0.29, 0.717) is 5.58 Å². The first-order valence-corrected chi connectivity index (χ1v) is 8.58. The minimum atomic E-state index is -0.511. The minimum absolute atomic E-state index is 0.0127. The second-order valence-corrected chi connectivity index (χ2v) is 7.54. The maximum atomic E-state index is 12.0. The van der Waals surface area contributed by atoms with Gasteiger partial charge in [-0.2, -0.15) is 0 Å². The molecule has 1 aromatic heterocycles. The predicted molar refractivity (Wildman–Crippen MR) is 95.9 cm³/mol. The van der Waals surface area contributed by atoms with Gasteiger partial charge in [-0.25, -0.2) is 9.59 Å². The van der Waals surface area contributed by atoms with Crippen LogP contribution in [0.15, 0.2) is 27.4 Å². The van der Waals surface area contributed by atoms with Gasteiger partial charge in [0.2, 0.25) is 0 Å². The van der Waals surface area contributed by atoms with Crippen LogP contribution in [0.2, 0.25) is 0 Å². The molecule has 1 aliphatic rings. The molecule has 7 nitrogen and oxygen atoms in total. The van der Waals surface area contributed by atoms with Crippen molar-refractivity contribution in [3.8, 4) is 0 Å². The summed E-state index contributed by atoms with van der Waals surface area (Å²) < 4.78 is 12.0. The Hall–Kier alpha value is -2.44. The zero-order valence-electron chi connectivity index (χ0n) is 15.1. The summed E-state index contributed by atoms with van der Waals surface area (Å²) in [5.74, 6) is -0.377. The first kappa shape index (κ1) is 17.4. The lowest BCUT2D eigenvalue weighted by Crippen LogP contribution is -2.45. The number of carbonyl (C=O) groups excluding carboxylic acids is 1. The van der Waals surface area contributed by atoms with Gasteiger partial charge in [-0.3, -0.25) is 4.57 Å². The van der Waals surface area contributed by atoms with Crippen LogP contribution in [-0.2, 0) is 11.8 Å². The van der Waals surface area contributed by atoms with Crippen LogP contribution < -0.4 is 16.4 Å². The average molecular weight is 347 g/mol. The van der Waals surface area contributed by atoms with Crippen molar-refractivity contribution < 1.29 is 13.9 Å². The van der Waals surface area contributed by atoms with E-state index in [1.54, 1.807) is 13.1 Å². The number of rotatable bonds is 3. The minimum Gasteiger partial charge on any atom is -0.444 e. The number of carbonyl (C=O) groups is 1. The fourth-order valence-corrected chi connectivity index (χ4v) is 3.20. The zero-order valence-corrected chi connectivity index (χ0v) is 15.1. The average Bonchev–Trinajstić information content (AvgIpc) is 3.03. The molecule has 2 N–H and O–H groups in total. The fraction of sp³-hybridized carbons (Fsp3) is 0.556. The van der Waals surface area contributed by atoms with Crippen LogP contribution in [0.3, 0.4) is 0 Å². The summed E-state index contributed by atoms with van der Waals surface area (Å²) in [6.07, 6.45) is 2.51. The van der Waals surface area contributed by atoms with Crippen molar-refractivity contribution in [1.29, 1.82) is 0 Å². The third kappa shape index (κ3) is 3.97. The molecule has 0 aliphatic heterocycles. The summed E-state index contributed by atoms with van der Waals surface area (Å²) in [7, 11) is 1.68. The van der Waals surface area contributed by atoms with Gasteiger partial charge in [-0.15, -0.1) is 0 Å². The number of ether oxygens (including phenoxy) is 1. The Balaban J connectivity index is 1.70. The number of hydrogen-bond acceptors (Lipinski definition) is 5. The lowest BCUT2D eigenvalue weighted by molar-refractivity contribution is 0.0503. The largest absolute Gasteiger partial charge is 0.444 e. The van der Waals surface area contributed by atoms with E-state index < -0.39 is 5.60 Å². The Morgan fingerprint density at radius 2 is 2.00 bits per heavy atom. The molecule has 0 unspecified atom stereocenters. The highest BCUT2D eigenvalue weighted by molar-refractivity contribution is 5.77. The molecular weight excluding hydrogens is 322 g/mol. The summed E-state index contributed by atoms with van der Waals surface area (Å²) in [6.45, 7) is 5.55. The quantitative estimate of drug-likeness (QED) is 0.891. The molecule has 1 amide bonds. The van der Waals surface area contributed by atoms with Gasteiger partial charge in [0.05, 0.1) is 11.6 Å². The first-order valence-electron chi connectivity index (χ1n) is 8.58. The molecule has 1 fully saturated rings.